The number of nitrogens with one attached hydrogen (secondary N) is 1. The summed E-state index contributed by atoms with van der Waals surface area (Å²) < 4.78 is 5.90. The largest absolute Gasteiger partial charge is 0.394 e. The van der Waals surface area contributed by atoms with Crippen LogP contribution in [0.2, 0.25) is 0 Å². The predicted octanol–water partition coefficient (Wildman–Crippen LogP) is 0.123. The van der Waals surface area contributed by atoms with Crippen LogP contribution in [0.3, 0.4) is 0 Å². The Bertz CT molecular complexity index is 814. The van der Waals surface area contributed by atoms with E-state index in [4.69, 9.17) is 4.74 Å². The highest BCUT2D eigenvalue weighted by molar-refractivity contribution is 5.94. The molecule has 3 heterocycles. The van der Waals surface area contributed by atoms with Gasteiger partial charge in [-0.2, -0.15) is 0 Å². The number of aromatic nitrogens is 1. The van der Waals surface area contributed by atoms with Gasteiger partial charge in [0.2, 0.25) is 0 Å². The van der Waals surface area contributed by atoms with E-state index in [2.05, 4.69) is 20.1 Å². The highest BCUT2D eigenvalue weighted by Crippen LogP contribution is 2.27. The summed E-state index contributed by atoms with van der Waals surface area (Å²) in [6, 6.07) is 14.6. The molecular formula is C22H28N4O4. The molecule has 1 amide bonds. The van der Waals surface area contributed by atoms with Gasteiger partial charge in [-0.3, -0.25) is 9.69 Å². The number of ether oxygens (including phenoxy) is 1. The fraction of sp³-hybridized carbons (Fsp3) is 0.455. The molecule has 8 heteroatoms. The van der Waals surface area contributed by atoms with Crippen molar-refractivity contribution in [1.29, 1.82) is 0 Å². The summed E-state index contributed by atoms with van der Waals surface area (Å²) >= 11 is 0. The number of pyridine rings is 1. The van der Waals surface area contributed by atoms with Crippen molar-refractivity contribution in [2.45, 2.75) is 24.4 Å². The Labute approximate surface area is 176 Å². The number of hydrogen-bond acceptors (Lipinski definition) is 7. The van der Waals surface area contributed by atoms with Gasteiger partial charge >= 0.3 is 0 Å². The summed E-state index contributed by atoms with van der Waals surface area (Å²) in [7, 11) is 0. The zero-order valence-electron chi connectivity index (χ0n) is 16.8. The molecule has 2 aliphatic rings. The van der Waals surface area contributed by atoms with Gasteiger partial charge in [-0.15, -0.1) is 0 Å². The Morgan fingerprint density at radius 1 is 1.07 bits per heavy atom. The molecule has 2 saturated heterocycles. The van der Waals surface area contributed by atoms with Gasteiger partial charge in [0.25, 0.3) is 5.91 Å². The highest BCUT2D eigenvalue weighted by Gasteiger charge is 2.46. The van der Waals surface area contributed by atoms with Crippen LogP contribution in [0.25, 0.3) is 0 Å². The summed E-state index contributed by atoms with van der Waals surface area (Å²) in [6.45, 7) is 3.06. The van der Waals surface area contributed by atoms with Crippen LogP contribution in [0.4, 0.5) is 5.82 Å². The molecule has 0 unspecified atom stereocenters. The van der Waals surface area contributed by atoms with E-state index >= 15 is 0 Å². The molecule has 1 aromatic carbocycles. The Morgan fingerprint density at radius 3 is 2.47 bits per heavy atom. The summed E-state index contributed by atoms with van der Waals surface area (Å²) in [6.07, 6.45) is -0.0724. The SMILES string of the molecule is O=C(NC[C@H]1O[C@@H](CO)[C@@H](O)[C@H]1N1CCN(c2ccccn2)CC1)c1ccccc1. The monoisotopic (exact) mass is 412 g/mol. The lowest BCUT2D eigenvalue weighted by atomic mass is 10.0. The summed E-state index contributed by atoms with van der Waals surface area (Å²) in [5.74, 6) is 0.764. The Morgan fingerprint density at radius 2 is 1.80 bits per heavy atom. The van der Waals surface area contributed by atoms with Crippen LogP contribution < -0.4 is 10.2 Å². The smallest absolute Gasteiger partial charge is 0.251 e. The number of carbonyl (C=O) groups excluding carboxylic acids is 1. The molecule has 8 nitrogen and oxygen atoms in total. The second-order valence-corrected chi connectivity index (χ2v) is 7.66. The summed E-state index contributed by atoms with van der Waals surface area (Å²) in [4.78, 5) is 21.2. The van der Waals surface area contributed by atoms with Gasteiger partial charge in [0, 0.05) is 44.5 Å². The van der Waals surface area contributed by atoms with E-state index < -0.39 is 18.3 Å². The van der Waals surface area contributed by atoms with Crippen molar-refractivity contribution >= 4 is 11.7 Å². The Hall–Kier alpha value is -2.52. The van der Waals surface area contributed by atoms with E-state index in [1.807, 2.05) is 36.4 Å². The first-order valence-corrected chi connectivity index (χ1v) is 10.3. The molecular weight excluding hydrogens is 384 g/mol. The first kappa shape index (κ1) is 20.7. The molecule has 0 bridgehead atoms. The fourth-order valence-electron chi connectivity index (χ4n) is 4.27. The number of carbonyl (C=O) groups is 1. The number of rotatable bonds is 6. The van der Waals surface area contributed by atoms with Crippen LogP contribution >= 0.6 is 0 Å². The fourth-order valence-corrected chi connectivity index (χ4v) is 4.27. The van der Waals surface area contributed by atoms with Crippen molar-refractivity contribution in [3.05, 3.63) is 60.3 Å². The molecule has 0 aliphatic carbocycles. The van der Waals surface area contributed by atoms with Crippen molar-refractivity contribution in [1.82, 2.24) is 15.2 Å². The number of amides is 1. The molecule has 2 aromatic rings. The lowest BCUT2D eigenvalue weighted by Gasteiger charge is -2.40. The van der Waals surface area contributed by atoms with E-state index in [1.165, 1.54) is 0 Å². The van der Waals surface area contributed by atoms with Gasteiger partial charge < -0.3 is 25.2 Å². The second kappa shape index (κ2) is 9.53. The van der Waals surface area contributed by atoms with E-state index in [0.29, 0.717) is 5.56 Å². The molecule has 4 atom stereocenters. The van der Waals surface area contributed by atoms with Gasteiger partial charge in [-0.05, 0) is 24.3 Å². The first-order valence-electron chi connectivity index (χ1n) is 10.3. The minimum atomic E-state index is -0.810. The lowest BCUT2D eigenvalue weighted by molar-refractivity contribution is -0.0209. The van der Waals surface area contributed by atoms with Crippen LogP contribution in [0, 0.1) is 0 Å². The first-order chi connectivity index (χ1) is 14.7. The third-order valence-electron chi connectivity index (χ3n) is 5.85. The van der Waals surface area contributed by atoms with E-state index in [-0.39, 0.29) is 25.1 Å². The zero-order valence-corrected chi connectivity index (χ0v) is 16.8. The quantitative estimate of drug-likeness (QED) is 0.620. The van der Waals surface area contributed by atoms with Crippen LogP contribution in [0.15, 0.2) is 54.7 Å². The predicted molar refractivity (Wildman–Crippen MR) is 112 cm³/mol. The van der Waals surface area contributed by atoms with E-state index in [9.17, 15) is 15.0 Å². The van der Waals surface area contributed by atoms with Gasteiger partial charge in [-0.25, -0.2) is 4.98 Å². The lowest BCUT2D eigenvalue weighted by Crippen LogP contribution is -2.57. The van der Waals surface area contributed by atoms with Crippen LogP contribution in [0.5, 0.6) is 0 Å². The van der Waals surface area contributed by atoms with E-state index in [0.717, 1.165) is 32.0 Å². The second-order valence-electron chi connectivity index (χ2n) is 7.66. The molecule has 2 aliphatic heterocycles. The molecule has 1 aromatic heterocycles. The topological polar surface area (TPSA) is 98.2 Å². The molecule has 30 heavy (non-hydrogen) atoms. The average Bonchev–Trinajstić information content (AvgIpc) is 3.14. The molecule has 3 N–H and O–H groups in total. The minimum absolute atomic E-state index is 0.181. The molecule has 4 rings (SSSR count). The average molecular weight is 412 g/mol. The maximum atomic E-state index is 12.4. The van der Waals surface area contributed by atoms with Crippen molar-refractivity contribution in [3.63, 3.8) is 0 Å². The number of anilines is 1. The molecule has 0 spiro atoms. The number of aliphatic hydroxyl groups is 2. The van der Waals surface area contributed by atoms with Gasteiger partial charge in [-0.1, -0.05) is 24.3 Å². The maximum Gasteiger partial charge on any atom is 0.251 e. The van der Waals surface area contributed by atoms with Gasteiger partial charge in [0.15, 0.2) is 0 Å². The molecule has 2 fully saturated rings. The third-order valence-corrected chi connectivity index (χ3v) is 5.85. The molecule has 0 saturated carbocycles. The number of piperazine rings is 1. The van der Waals surface area contributed by atoms with Gasteiger partial charge in [0.05, 0.1) is 18.8 Å². The summed E-state index contributed by atoms with van der Waals surface area (Å²) in [5.41, 5.74) is 0.579. The Kier molecular flexibility index (Phi) is 6.59. The summed E-state index contributed by atoms with van der Waals surface area (Å²) in [5, 5.41) is 23.3. The number of nitrogens with zero attached hydrogens (tertiary/aromatic N) is 3. The van der Waals surface area contributed by atoms with E-state index in [1.54, 1.807) is 18.3 Å². The zero-order chi connectivity index (χ0) is 20.9. The minimum Gasteiger partial charge on any atom is -0.394 e. The van der Waals surface area contributed by atoms with Crippen LogP contribution in [-0.4, -0.2) is 89.7 Å². The van der Waals surface area contributed by atoms with Crippen molar-refractivity contribution < 1.29 is 19.7 Å². The number of aliphatic hydroxyl groups excluding tert-OH is 2. The number of hydrogen-bond donors (Lipinski definition) is 3. The van der Waals surface area contributed by atoms with Crippen molar-refractivity contribution in [2.24, 2.45) is 0 Å². The highest BCUT2D eigenvalue weighted by atomic mass is 16.5. The molecule has 0 radical (unpaired) electrons. The van der Waals surface area contributed by atoms with Crippen molar-refractivity contribution in [3.8, 4) is 0 Å². The molecule has 160 valence electrons. The van der Waals surface area contributed by atoms with Crippen LogP contribution in [0.1, 0.15) is 10.4 Å². The standard InChI is InChI=1S/C22H28N4O4/c27-15-18-21(28)20(17(30-18)14-24-22(29)16-6-2-1-3-7-16)26-12-10-25(11-13-26)19-8-4-5-9-23-19/h1-9,17-18,20-21,27-28H,10-15H2,(H,24,29)/t17-,18+,20+,21-/m1/s1. The van der Waals surface area contributed by atoms with Gasteiger partial charge in [0.1, 0.15) is 18.0 Å². The number of benzene rings is 1. The van der Waals surface area contributed by atoms with Crippen molar-refractivity contribution in [2.75, 3.05) is 44.2 Å². The normalized spacial score (nSPS) is 27.2. The maximum absolute atomic E-state index is 12.4. The van der Waals surface area contributed by atoms with Crippen LogP contribution in [-0.2, 0) is 4.74 Å². The third kappa shape index (κ3) is 4.46. The Balaban J connectivity index is 1.39.